The van der Waals surface area contributed by atoms with E-state index in [9.17, 15) is 14.9 Å². The third-order valence-corrected chi connectivity index (χ3v) is 7.15. The molecule has 1 aliphatic rings. The van der Waals surface area contributed by atoms with Crippen LogP contribution in [0.4, 0.5) is 5.69 Å². The molecule has 11 nitrogen and oxygen atoms in total. The van der Waals surface area contributed by atoms with Crippen LogP contribution in [0, 0.1) is 10.1 Å². The number of ketones is 1. The monoisotopic (exact) mass is 521 g/mol. The molecule has 0 radical (unpaired) electrons. The highest BCUT2D eigenvalue weighted by atomic mass is 32.2. The van der Waals surface area contributed by atoms with Crippen molar-refractivity contribution in [3.05, 3.63) is 75.1 Å². The quantitative estimate of drug-likeness (QED) is 0.188. The Labute approximate surface area is 215 Å². The summed E-state index contributed by atoms with van der Waals surface area (Å²) >= 11 is 1.39. The fourth-order valence-electron chi connectivity index (χ4n) is 4.36. The summed E-state index contributed by atoms with van der Waals surface area (Å²) in [4.78, 5) is 32.7. The second kappa shape index (κ2) is 10.1. The number of nitro groups is 1. The zero-order chi connectivity index (χ0) is 26.1. The topological polar surface area (TPSA) is 131 Å². The number of nitrogens with zero attached hydrogens (tertiary/aromatic N) is 5. The molecule has 190 valence electrons. The Morgan fingerprint density at radius 3 is 2.38 bits per heavy atom. The highest BCUT2D eigenvalue weighted by molar-refractivity contribution is 7.98. The van der Waals surface area contributed by atoms with Gasteiger partial charge in [0, 0.05) is 30.5 Å². The first-order valence-electron chi connectivity index (χ1n) is 11.4. The number of nitro benzene ring substituents is 1. The van der Waals surface area contributed by atoms with Crippen molar-refractivity contribution in [3.63, 3.8) is 0 Å². The van der Waals surface area contributed by atoms with Crippen molar-refractivity contribution in [3.8, 4) is 17.2 Å². The van der Waals surface area contributed by atoms with Crippen LogP contribution in [0.5, 0.6) is 17.2 Å². The summed E-state index contributed by atoms with van der Waals surface area (Å²) in [6.07, 6.45) is 2.55. The third-order valence-electron chi connectivity index (χ3n) is 6.24. The van der Waals surface area contributed by atoms with Gasteiger partial charge >= 0.3 is 0 Å². The van der Waals surface area contributed by atoms with Gasteiger partial charge < -0.3 is 14.2 Å². The van der Waals surface area contributed by atoms with Crippen molar-refractivity contribution >= 4 is 29.0 Å². The van der Waals surface area contributed by atoms with Gasteiger partial charge in [0.1, 0.15) is 0 Å². The van der Waals surface area contributed by atoms with Crippen molar-refractivity contribution in [1.82, 2.24) is 19.6 Å². The molecule has 1 atom stereocenters. The lowest BCUT2D eigenvalue weighted by atomic mass is 9.82. The van der Waals surface area contributed by atoms with E-state index in [0.29, 0.717) is 58.0 Å². The zero-order valence-electron chi connectivity index (χ0n) is 20.3. The summed E-state index contributed by atoms with van der Waals surface area (Å²) in [6, 6.07) is 10.1. The van der Waals surface area contributed by atoms with Crippen LogP contribution >= 0.6 is 11.8 Å². The highest BCUT2D eigenvalue weighted by Gasteiger charge is 2.30. The van der Waals surface area contributed by atoms with E-state index < -0.39 is 4.92 Å². The maximum Gasteiger partial charge on any atom is 0.269 e. The Bertz CT molecular complexity index is 1480. The van der Waals surface area contributed by atoms with Crippen LogP contribution in [0.1, 0.15) is 39.5 Å². The van der Waals surface area contributed by atoms with Crippen LogP contribution in [0.25, 0.3) is 5.78 Å². The fourth-order valence-corrected chi connectivity index (χ4v) is 5.14. The molecule has 1 aliphatic carbocycles. The lowest BCUT2D eigenvalue weighted by Crippen LogP contribution is -2.21. The van der Waals surface area contributed by atoms with Crippen molar-refractivity contribution in [2.24, 2.45) is 0 Å². The number of carbonyl (C=O) groups excluding carboxylic acids is 1. The first-order valence-corrected chi connectivity index (χ1v) is 12.3. The molecule has 0 N–H and O–H groups in total. The largest absolute Gasteiger partial charge is 0.493 e. The Hall–Kier alpha value is -4.19. The van der Waals surface area contributed by atoms with Crippen molar-refractivity contribution in [2.45, 2.75) is 29.7 Å². The third kappa shape index (κ3) is 4.79. The van der Waals surface area contributed by atoms with Gasteiger partial charge in [-0.05, 0) is 35.6 Å². The first-order chi connectivity index (χ1) is 17.9. The smallest absolute Gasteiger partial charge is 0.269 e. The molecule has 0 saturated carbocycles. The Kier molecular flexibility index (Phi) is 6.66. The standard InChI is InChI=1S/C25H23N5O6S/c1-34-21-10-16(11-22(35-2)23(21)36-3)15-8-19-18(20(31)9-15)12-29-24(26-19)27-25(28-29)37-13-14-4-6-17(7-5-14)30(32)33/h4-7,10-12,15H,8-9,13H2,1-3H3/t15-/m1/s1. The molecule has 0 spiro atoms. The number of hydrogen-bond acceptors (Lipinski definition) is 10. The van der Waals surface area contributed by atoms with Gasteiger partial charge in [0.25, 0.3) is 11.5 Å². The molecule has 2 aromatic carbocycles. The van der Waals surface area contributed by atoms with E-state index in [0.717, 1.165) is 11.1 Å². The molecule has 0 aliphatic heterocycles. The Morgan fingerprint density at radius 2 is 1.76 bits per heavy atom. The van der Waals surface area contributed by atoms with Crippen LogP contribution < -0.4 is 14.2 Å². The molecule has 0 unspecified atom stereocenters. The number of Topliss-reactive ketones (excluding diaryl/α,β-unsaturated/α-hetero) is 1. The minimum Gasteiger partial charge on any atom is -0.493 e. The summed E-state index contributed by atoms with van der Waals surface area (Å²) in [5.41, 5.74) is 3.06. The van der Waals surface area contributed by atoms with Gasteiger partial charge in [-0.25, -0.2) is 9.50 Å². The van der Waals surface area contributed by atoms with Crippen LogP contribution in [-0.4, -0.2) is 51.6 Å². The van der Waals surface area contributed by atoms with Gasteiger partial charge in [-0.3, -0.25) is 14.9 Å². The predicted molar refractivity (Wildman–Crippen MR) is 135 cm³/mol. The number of aromatic nitrogens is 4. The maximum atomic E-state index is 13.1. The van der Waals surface area contributed by atoms with Gasteiger partial charge in [-0.1, -0.05) is 23.9 Å². The Morgan fingerprint density at radius 1 is 1.05 bits per heavy atom. The number of rotatable bonds is 8. The van der Waals surface area contributed by atoms with Gasteiger partial charge in [0.05, 0.1) is 37.5 Å². The second-order valence-electron chi connectivity index (χ2n) is 8.44. The van der Waals surface area contributed by atoms with E-state index in [2.05, 4.69) is 15.1 Å². The van der Waals surface area contributed by atoms with E-state index in [1.807, 2.05) is 12.1 Å². The molecule has 0 amide bonds. The molecule has 5 rings (SSSR count). The average Bonchev–Trinajstić information content (AvgIpc) is 3.31. The molecule has 2 heterocycles. The molecule has 12 heteroatoms. The molecule has 4 aromatic rings. The lowest BCUT2D eigenvalue weighted by Gasteiger charge is -2.24. The molecule has 2 aromatic heterocycles. The summed E-state index contributed by atoms with van der Waals surface area (Å²) in [5.74, 6) is 2.38. The number of fused-ring (bicyclic) bond motifs is 2. The van der Waals surface area contributed by atoms with Crippen molar-refractivity contribution < 1.29 is 23.9 Å². The number of hydrogen-bond donors (Lipinski definition) is 0. The van der Waals surface area contributed by atoms with Crippen LogP contribution in [0.2, 0.25) is 0 Å². The van der Waals surface area contributed by atoms with E-state index >= 15 is 0 Å². The molecule has 0 bridgehead atoms. The average molecular weight is 522 g/mol. The molecule has 0 saturated heterocycles. The number of thioether (sulfide) groups is 1. The number of methoxy groups -OCH3 is 3. The predicted octanol–water partition coefficient (Wildman–Crippen LogP) is 4.26. The second-order valence-corrected chi connectivity index (χ2v) is 9.38. The van der Waals surface area contributed by atoms with Crippen molar-refractivity contribution in [2.75, 3.05) is 21.3 Å². The first kappa shape index (κ1) is 24.5. The van der Waals surface area contributed by atoms with E-state index in [1.165, 1.54) is 28.4 Å². The van der Waals surface area contributed by atoms with Gasteiger partial charge in [-0.15, -0.1) is 5.10 Å². The number of ether oxygens (including phenoxy) is 3. The van der Waals surface area contributed by atoms with Crippen LogP contribution in [0.15, 0.2) is 47.8 Å². The minimum atomic E-state index is -0.429. The molecular weight excluding hydrogens is 498 g/mol. The normalized spacial score (nSPS) is 14.9. The van der Waals surface area contributed by atoms with Crippen LogP contribution in [-0.2, 0) is 12.2 Å². The molecule has 0 fully saturated rings. The molecular formula is C25H23N5O6S. The summed E-state index contributed by atoms with van der Waals surface area (Å²) in [6.45, 7) is 0. The van der Waals surface area contributed by atoms with E-state index in [1.54, 1.807) is 39.7 Å². The van der Waals surface area contributed by atoms with Gasteiger partial charge in [0.2, 0.25) is 10.9 Å². The van der Waals surface area contributed by atoms with Crippen molar-refractivity contribution in [1.29, 1.82) is 0 Å². The maximum absolute atomic E-state index is 13.1. The lowest BCUT2D eigenvalue weighted by molar-refractivity contribution is -0.384. The number of carbonyl (C=O) groups is 1. The SMILES string of the molecule is COc1cc([C@H]2CC(=O)c3cn4nc(SCc5ccc([N+](=O)[O-])cc5)nc4nc3C2)cc(OC)c1OC. The zero-order valence-corrected chi connectivity index (χ0v) is 21.2. The van der Waals surface area contributed by atoms with E-state index in [4.69, 9.17) is 14.2 Å². The summed E-state index contributed by atoms with van der Waals surface area (Å²) in [7, 11) is 4.67. The number of non-ortho nitro benzene ring substituents is 1. The Balaban J connectivity index is 1.38. The summed E-state index contributed by atoms with van der Waals surface area (Å²) < 4.78 is 17.9. The van der Waals surface area contributed by atoms with Crippen LogP contribution in [0.3, 0.4) is 0 Å². The number of benzene rings is 2. The summed E-state index contributed by atoms with van der Waals surface area (Å²) in [5, 5.41) is 15.8. The van der Waals surface area contributed by atoms with Gasteiger partial charge in [0.15, 0.2) is 17.3 Å². The van der Waals surface area contributed by atoms with Gasteiger partial charge in [-0.2, -0.15) is 4.98 Å². The minimum absolute atomic E-state index is 0.0232. The van der Waals surface area contributed by atoms with E-state index in [-0.39, 0.29) is 17.4 Å². The molecule has 37 heavy (non-hydrogen) atoms. The fraction of sp³-hybridized carbons (Fsp3) is 0.280. The highest BCUT2D eigenvalue weighted by Crippen LogP contribution is 2.42.